The molecular formula is C46H84N4O2. The Morgan fingerprint density at radius 3 is 1.31 bits per heavy atom. The highest BCUT2D eigenvalue weighted by molar-refractivity contribution is 6.06. The third-order valence-electron chi connectivity index (χ3n) is 10.5. The predicted octanol–water partition coefficient (Wildman–Crippen LogP) is 10.6. The van der Waals surface area contributed by atoms with E-state index in [2.05, 4.69) is 77.2 Å². The van der Waals surface area contributed by atoms with Crippen molar-refractivity contribution >= 4 is 11.6 Å². The van der Waals surface area contributed by atoms with Gasteiger partial charge in [-0.05, 0) is 84.1 Å². The molecule has 0 aliphatic carbocycles. The van der Waals surface area contributed by atoms with E-state index in [0.29, 0.717) is 19.4 Å². The summed E-state index contributed by atoms with van der Waals surface area (Å²) in [5.74, 6) is 0.266. The molecule has 1 saturated heterocycles. The molecule has 0 aromatic rings. The molecule has 0 bridgehead atoms. The second kappa shape index (κ2) is 36.1. The van der Waals surface area contributed by atoms with Crippen molar-refractivity contribution in [2.75, 3.05) is 59.4 Å². The van der Waals surface area contributed by atoms with Crippen molar-refractivity contribution in [1.82, 2.24) is 14.7 Å². The first kappa shape index (κ1) is 48.2. The first-order chi connectivity index (χ1) is 25.5. The number of nitrogens with two attached hydrogens (primary N) is 1. The number of rotatable bonds is 36. The fourth-order valence-corrected chi connectivity index (χ4v) is 7.01. The predicted molar refractivity (Wildman–Crippen MR) is 227 cm³/mol. The number of likely N-dealkylation sites (N-methyl/N-ethyl adjacent to an activating group) is 1. The standard InChI is InChI=1S/C46H84N4O2/c1-4-6-8-10-12-14-16-18-20-22-24-26-28-30-32-34-44(51)46(48(3)38-39-50-42-40-49(37-36-47)41-43-50)45(52)35-33-31-29-27-25-23-21-19-17-15-13-11-9-7-5-2/h12-15,18-21,46H,4-11,16-17,22-43,47H2,1-3H3/b14-12-,15-13-,20-18-,21-19-. The Balaban J connectivity index is 2.39. The van der Waals surface area contributed by atoms with Gasteiger partial charge in [-0.15, -0.1) is 0 Å². The van der Waals surface area contributed by atoms with E-state index in [1.807, 2.05) is 7.05 Å². The van der Waals surface area contributed by atoms with Gasteiger partial charge < -0.3 is 5.73 Å². The van der Waals surface area contributed by atoms with Gasteiger partial charge in [-0.1, -0.05) is 127 Å². The minimum atomic E-state index is -0.588. The largest absolute Gasteiger partial charge is 0.329 e. The third kappa shape index (κ3) is 27.7. The van der Waals surface area contributed by atoms with Gasteiger partial charge in [0.05, 0.1) is 0 Å². The molecule has 1 aliphatic rings. The van der Waals surface area contributed by atoms with E-state index in [-0.39, 0.29) is 11.6 Å². The molecule has 6 heteroatoms. The van der Waals surface area contributed by atoms with Gasteiger partial charge in [0.1, 0.15) is 6.04 Å². The van der Waals surface area contributed by atoms with Crippen LogP contribution in [-0.4, -0.2) is 91.7 Å². The van der Waals surface area contributed by atoms with Crippen LogP contribution in [-0.2, 0) is 9.59 Å². The highest BCUT2D eigenvalue weighted by Crippen LogP contribution is 2.15. The minimum absolute atomic E-state index is 0.133. The topological polar surface area (TPSA) is 69.9 Å². The Labute approximate surface area is 322 Å². The molecule has 1 fully saturated rings. The second-order valence-corrected chi connectivity index (χ2v) is 15.2. The van der Waals surface area contributed by atoms with Crippen molar-refractivity contribution < 1.29 is 9.59 Å². The lowest BCUT2D eigenvalue weighted by Crippen LogP contribution is -2.51. The molecule has 0 spiro atoms. The number of nitrogens with zero attached hydrogens (tertiary/aromatic N) is 3. The molecule has 0 aromatic carbocycles. The van der Waals surface area contributed by atoms with Crippen LogP contribution in [0.5, 0.6) is 0 Å². The van der Waals surface area contributed by atoms with Gasteiger partial charge in [-0.2, -0.15) is 0 Å². The molecule has 6 nitrogen and oxygen atoms in total. The van der Waals surface area contributed by atoms with Crippen molar-refractivity contribution in [2.45, 2.75) is 174 Å². The summed E-state index contributed by atoms with van der Waals surface area (Å²) in [5, 5.41) is 0. The average Bonchev–Trinajstić information content (AvgIpc) is 3.14. The van der Waals surface area contributed by atoms with Crippen molar-refractivity contribution in [1.29, 1.82) is 0 Å². The fraction of sp³-hybridized carbons (Fsp3) is 0.783. The zero-order valence-electron chi connectivity index (χ0n) is 34.6. The first-order valence-electron chi connectivity index (χ1n) is 22.0. The molecule has 0 radical (unpaired) electrons. The van der Waals surface area contributed by atoms with Gasteiger partial charge in [0.25, 0.3) is 0 Å². The summed E-state index contributed by atoms with van der Waals surface area (Å²) in [6.45, 7) is 12.0. The maximum Gasteiger partial charge on any atom is 0.157 e. The van der Waals surface area contributed by atoms with Crippen LogP contribution in [0.4, 0.5) is 0 Å². The van der Waals surface area contributed by atoms with Crippen LogP contribution in [0.25, 0.3) is 0 Å². The van der Waals surface area contributed by atoms with Gasteiger partial charge in [-0.25, -0.2) is 0 Å². The summed E-state index contributed by atoms with van der Waals surface area (Å²) >= 11 is 0. The number of hydrogen-bond donors (Lipinski definition) is 1. The van der Waals surface area contributed by atoms with Crippen LogP contribution in [0.3, 0.4) is 0 Å². The Morgan fingerprint density at radius 1 is 0.538 bits per heavy atom. The Bertz CT molecular complexity index is 892. The maximum absolute atomic E-state index is 13.6. The zero-order chi connectivity index (χ0) is 37.7. The fourth-order valence-electron chi connectivity index (χ4n) is 7.01. The summed E-state index contributed by atoms with van der Waals surface area (Å²) in [4.78, 5) is 34.1. The molecule has 1 rings (SSSR count). The van der Waals surface area contributed by atoms with E-state index in [9.17, 15) is 9.59 Å². The molecule has 0 saturated carbocycles. The molecule has 52 heavy (non-hydrogen) atoms. The Hall–Kier alpha value is -1.86. The smallest absolute Gasteiger partial charge is 0.157 e. The normalized spacial score (nSPS) is 14.9. The number of ketones is 2. The molecule has 1 aliphatic heterocycles. The Kier molecular flexibility index (Phi) is 33.5. The van der Waals surface area contributed by atoms with Crippen LogP contribution in [0.2, 0.25) is 0 Å². The SMILES string of the molecule is CCCCC/C=C\C/C=C\CCCCCCCC(=O)C(C(=O)CCCCCCC/C=C\C/C=C\CCCCC)N(C)CCN1CCN(CCN)CC1. The lowest BCUT2D eigenvalue weighted by Gasteiger charge is -2.36. The number of Topliss-reactive ketones (excluding diaryl/α,β-unsaturated/α-hetero) is 2. The molecule has 0 atom stereocenters. The highest BCUT2D eigenvalue weighted by Gasteiger charge is 2.29. The molecule has 0 aromatic heterocycles. The van der Waals surface area contributed by atoms with Gasteiger partial charge >= 0.3 is 0 Å². The van der Waals surface area contributed by atoms with E-state index in [0.717, 1.165) is 110 Å². The number of hydrogen-bond acceptors (Lipinski definition) is 6. The number of allylic oxidation sites excluding steroid dienone is 8. The lowest BCUT2D eigenvalue weighted by molar-refractivity contribution is -0.134. The average molecular weight is 725 g/mol. The van der Waals surface area contributed by atoms with Crippen molar-refractivity contribution in [3.05, 3.63) is 48.6 Å². The van der Waals surface area contributed by atoms with E-state index >= 15 is 0 Å². The van der Waals surface area contributed by atoms with Gasteiger partial charge in [0.15, 0.2) is 11.6 Å². The number of carbonyl (C=O) groups is 2. The molecular weight excluding hydrogens is 641 g/mol. The molecule has 2 N–H and O–H groups in total. The van der Waals surface area contributed by atoms with E-state index in [1.165, 1.54) is 77.0 Å². The van der Waals surface area contributed by atoms with Crippen LogP contribution < -0.4 is 5.73 Å². The molecule has 1 heterocycles. The van der Waals surface area contributed by atoms with Crippen molar-refractivity contribution in [3.8, 4) is 0 Å². The quantitative estimate of drug-likeness (QED) is 0.0394. The van der Waals surface area contributed by atoms with Gasteiger partial charge in [0.2, 0.25) is 0 Å². The van der Waals surface area contributed by atoms with Crippen LogP contribution >= 0.6 is 0 Å². The lowest BCUT2D eigenvalue weighted by atomic mass is 9.96. The summed E-state index contributed by atoms with van der Waals surface area (Å²) in [6.07, 6.45) is 45.2. The second-order valence-electron chi connectivity index (χ2n) is 15.2. The minimum Gasteiger partial charge on any atom is -0.329 e. The van der Waals surface area contributed by atoms with Crippen LogP contribution in [0, 0.1) is 0 Å². The van der Waals surface area contributed by atoms with E-state index < -0.39 is 6.04 Å². The number of carbonyl (C=O) groups excluding carboxylic acids is 2. The summed E-state index contributed by atoms with van der Waals surface area (Å²) < 4.78 is 0. The van der Waals surface area contributed by atoms with Crippen molar-refractivity contribution in [2.24, 2.45) is 5.73 Å². The van der Waals surface area contributed by atoms with Crippen LogP contribution in [0.15, 0.2) is 48.6 Å². The Morgan fingerprint density at radius 2 is 0.904 bits per heavy atom. The summed E-state index contributed by atoms with van der Waals surface area (Å²) in [7, 11) is 2.00. The van der Waals surface area contributed by atoms with Crippen molar-refractivity contribution in [3.63, 3.8) is 0 Å². The zero-order valence-corrected chi connectivity index (χ0v) is 34.6. The van der Waals surface area contributed by atoms with Crippen LogP contribution in [0.1, 0.15) is 168 Å². The monoisotopic (exact) mass is 725 g/mol. The van der Waals surface area contributed by atoms with Gasteiger partial charge in [-0.3, -0.25) is 24.3 Å². The molecule has 0 unspecified atom stereocenters. The molecule has 300 valence electrons. The van der Waals surface area contributed by atoms with E-state index in [1.54, 1.807) is 0 Å². The summed E-state index contributed by atoms with van der Waals surface area (Å²) in [6, 6.07) is -0.588. The third-order valence-corrected chi connectivity index (χ3v) is 10.5. The number of unbranched alkanes of at least 4 members (excludes halogenated alkanes) is 16. The van der Waals surface area contributed by atoms with Gasteiger partial charge in [0, 0.05) is 65.2 Å². The summed E-state index contributed by atoms with van der Waals surface area (Å²) in [5.41, 5.74) is 5.75. The van der Waals surface area contributed by atoms with E-state index in [4.69, 9.17) is 5.73 Å². The first-order valence-corrected chi connectivity index (χ1v) is 22.0. The highest BCUT2D eigenvalue weighted by atomic mass is 16.2. The maximum atomic E-state index is 13.6. The molecule has 0 amide bonds. The number of piperazine rings is 1.